The standard InChI is InChI=1S/C14H20N2O2/c15-10-13(11-6-4-5-7-11)16-14(17)18-12-8-2-1-3-9-12/h1-3,8-9,11,13H,4-7,10,15H2,(H,16,17). The van der Waals surface area contributed by atoms with Crippen molar-refractivity contribution in [3.8, 4) is 5.75 Å². The molecule has 0 heterocycles. The molecule has 2 rings (SSSR count). The second-order valence-electron chi connectivity index (χ2n) is 4.73. The van der Waals surface area contributed by atoms with Gasteiger partial charge in [-0.1, -0.05) is 31.0 Å². The highest BCUT2D eigenvalue weighted by Crippen LogP contribution is 2.27. The molecule has 1 aromatic carbocycles. The molecular formula is C14H20N2O2. The second kappa shape index (κ2) is 6.40. The van der Waals surface area contributed by atoms with E-state index in [0.29, 0.717) is 18.2 Å². The molecule has 1 saturated carbocycles. The SMILES string of the molecule is NCC(NC(=O)Oc1ccccc1)C1CCCC1. The average molecular weight is 248 g/mol. The number of amides is 1. The van der Waals surface area contributed by atoms with Crippen molar-refractivity contribution in [1.29, 1.82) is 0 Å². The van der Waals surface area contributed by atoms with Gasteiger partial charge in [0.25, 0.3) is 0 Å². The summed E-state index contributed by atoms with van der Waals surface area (Å²) in [5.41, 5.74) is 5.72. The fourth-order valence-electron chi connectivity index (χ4n) is 2.51. The van der Waals surface area contributed by atoms with Crippen molar-refractivity contribution in [3.63, 3.8) is 0 Å². The number of hydrogen-bond donors (Lipinski definition) is 2. The van der Waals surface area contributed by atoms with Crippen molar-refractivity contribution in [1.82, 2.24) is 5.32 Å². The van der Waals surface area contributed by atoms with Gasteiger partial charge in [-0.3, -0.25) is 0 Å². The number of rotatable bonds is 4. The van der Waals surface area contributed by atoms with Crippen LogP contribution in [-0.2, 0) is 0 Å². The van der Waals surface area contributed by atoms with Crippen LogP contribution in [-0.4, -0.2) is 18.7 Å². The third kappa shape index (κ3) is 3.47. The Labute approximate surface area is 108 Å². The smallest absolute Gasteiger partial charge is 0.410 e. The zero-order valence-electron chi connectivity index (χ0n) is 10.5. The van der Waals surface area contributed by atoms with Gasteiger partial charge in [0.1, 0.15) is 5.75 Å². The summed E-state index contributed by atoms with van der Waals surface area (Å²) in [6.07, 6.45) is 4.34. The number of hydrogen-bond acceptors (Lipinski definition) is 3. The van der Waals surface area contributed by atoms with Crippen molar-refractivity contribution >= 4 is 6.09 Å². The van der Waals surface area contributed by atoms with E-state index in [0.717, 1.165) is 12.8 Å². The quantitative estimate of drug-likeness (QED) is 0.859. The molecule has 1 unspecified atom stereocenters. The normalized spacial score (nSPS) is 17.4. The molecule has 0 spiro atoms. The second-order valence-corrected chi connectivity index (χ2v) is 4.73. The Hall–Kier alpha value is -1.55. The fraction of sp³-hybridized carbons (Fsp3) is 0.500. The number of ether oxygens (including phenoxy) is 1. The lowest BCUT2D eigenvalue weighted by molar-refractivity contribution is 0.191. The Balaban J connectivity index is 1.85. The highest BCUT2D eigenvalue weighted by molar-refractivity contribution is 5.70. The molecule has 0 saturated heterocycles. The molecule has 0 aromatic heterocycles. The molecule has 98 valence electrons. The first-order chi connectivity index (χ1) is 8.79. The molecule has 3 N–H and O–H groups in total. The van der Waals surface area contributed by atoms with Crippen LogP contribution in [0.2, 0.25) is 0 Å². The van der Waals surface area contributed by atoms with Crippen molar-refractivity contribution in [2.24, 2.45) is 11.7 Å². The molecule has 1 atom stereocenters. The van der Waals surface area contributed by atoms with E-state index in [1.807, 2.05) is 18.2 Å². The minimum absolute atomic E-state index is 0.0312. The van der Waals surface area contributed by atoms with Gasteiger partial charge in [0.15, 0.2) is 0 Å². The molecule has 1 aromatic rings. The summed E-state index contributed by atoms with van der Waals surface area (Å²) >= 11 is 0. The molecule has 1 fully saturated rings. The molecule has 1 aliphatic carbocycles. The van der Waals surface area contributed by atoms with Crippen LogP contribution in [0.25, 0.3) is 0 Å². The molecule has 18 heavy (non-hydrogen) atoms. The summed E-state index contributed by atoms with van der Waals surface area (Å²) in [6, 6.07) is 9.09. The number of para-hydroxylation sites is 1. The van der Waals surface area contributed by atoms with Crippen LogP contribution in [0.15, 0.2) is 30.3 Å². The fourth-order valence-corrected chi connectivity index (χ4v) is 2.51. The zero-order valence-corrected chi connectivity index (χ0v) is 10.5. The Kier molecular flexibility index (Phi) is 4.59. The third-order valence-electron chi connectivity index (χ3n) is 3.48. The van der Waals surface area contributed by atoms with Crippen molar-refractivity contribution in [2.45, 2.75) is 31.7 Å². The van der Waals surface area contributed by atoms with Crippen LogP contribution in [0, 0.1) is 5.92 Å². The van der Waals surface area contributed by atoms with E-state index in [1.165, 1.54) is 12.8 Å². The van der Waals surface area contributed by atoms with E-state index in [9.17, 15) is 4.79 Å². The number of nitrogens with two attached hydrogens (primary N) is 1. The van der Waals surface area contributed by atoms with Crippen molar-refractivity contribution in [3.05, 3.63) is 30.3 Å². The van der Waals surface area contributed by atoms with Gasteiger partial charge < -0.3 is 15.8 Å². The van der Waals surface area contributed by atoms with E-state index in [1.54, 1.807) is 12.1 Å². The monoisotopic (exact) mass is 248 g/mol. The highest BCUT2D eigenvalue weighted by Gasteiger charge is 2.25. The predicted octanol–water partition coefficient (Wildman–Crippen LogP) is 2.29. The summed E-state index contributed by atoms with van der Waals surface area (Å²) in [7, 11) is 0. The highest BCUT2D eigenvalue weighted by atomic mass is 16.6. The number of nitrogens with one attached hydrogen (secondary N) is 1. The first-order valence-corrected chi connectivity index (χ1v) is 6.53. The lowest BCUT2D eigenvalue weighted by Gasteiger charge is -2.22. The molecule has 0 bridgehead atoms. The maximum Gasteiger partial charge on any atom is 0.412 e. The van der Waals surface area contributed by atoms with Gasteiger partial charge in [0.2, 0.25) is 0 Å². The van der Waals surface area contributed by atoms with Gasteiger partial charge >= 0.3 is 6.09 Å². The first kappa shape index (κ1) is 12.9. The minimum atomic E-state index is -0.413. The van der Waals surface area contributed by atoms with Crippen LogP contribution in [0.3, 0.4) is 0 Å². The van der Waals surface area contributed by atoms with Crippen LogP contribution >= 0.6 is 0 Å². The summed E-state index contributed by atoms with van der Waals surface area (Å²) in [4.78, 5) is 11.7. The van der Waals surface area contributed by atoms with E-state index in [4.69, 9.17) is 10.5 Å². The molecule has 1 amide bonds. The predicted molar refractivity (Wildman–Crippen MR) is 70.4 cm³/mol. The molecular weight excluding hydrogens is 228 g/mol. The van der Waals surface area contributed by atoms with Crippen LogP contribution < -0.4 is 15.8 Å². The zero-order chi connectivity index (χ0) is 12.8. The van der Waals surface area contributed by atoms with E-state index in [2.05, 4.69) is 5.32 Å². The minimum Gasteiger partial charge on any atom is -0.410 e. The van der Waals surface area contributed by atoms with Crippen LogP contribution in [0.4, 0.5) is 4.79 Å². The molecule has 4 nitrogen and oxygen atoms in total. The maximum atomic E-state index is 11.7. The molecule has 4 heteroatoms. The number of carbonyl (C=O) groups is 1. The Morgan fingerprint density at radius 1 is 1.33 bits per heavy atom. The van der Waals surface area contributed by atoms with Gasteiger partial charge in [0.05, 0.1) is 0 Å². The summed E-state index contributed by atoms with van der Waals surface area (Å²) < 4.78 is 5.20. The lowest BCUT2D eigenvalue weighted by Crippen LogP contribution is -2.45. The largest absolute Gasteiger partial charge is 0.412 e. The van der Waals surface area contributed by atoms with Crippen molar-refractivity contribution < 1.29 is 9.53 Å². The van der Waals surface area contributed by atoms with E-state index < -0.39 is 6.09 Å². The summed E-state index contributed by atoms with van der Waals surface area (Å²) in [5.74, 6) is 1.05. The molecule has 0 aliphatic heterocycles. The molecule has 0 radical (unpaired) electrons. The molecule has 1 aliphatic rings. The van der Waals surface area contributed by atoms with Gasteiger partial charge in [-0.05, 0) is 30.9 Å². The summed E-state index contributed by atoms with van der Waals surface area (Å²) in [6.45, 7) is 0.467. The number of carbonyl (C=O) groups excluding carboxylic acids is 1. The van der Waals surface area contributed by atoms with Gasteiger partial charge in [-0.2, -0.15) is 0 Å². The average Bonchev–Trinajstić information content (AvgIpc) is 2.91. The number of benzene rings is 1. The Morgan fingerprint density at radius 2 is 2.00 bits per heavy atom. The third-order valence-corrected chi connectivity index (χ3v) is 3.48. The Bertz CT molecular complexity index is 375. The summed E-state index contributed by atoms with van der Waals surface area (Å²) in [5, 5.41) is 2.87. The first-order valence-electron chi connectivity index (χ1n) is 6.53. The van der Waals surface area contributed by atoms with E-state index in [-0.39, 0.29) is 6.04 Å². The lowest BCUT2D eigenvalue weighted by atomic mass is 9.98. The van der Waals surface area contributed by atoms with Crippen LogP contribution in [0.5, 0.6) is 5.75 Å². The topological polar surface area (TPSA) is 64.3 Å². The van der Waals surface area contributed by atoms with Crippen LogP contribution in [0.1, 0.15) is 25.7 Å². The van der Waals surface area contributed by atoms with Crippen molar-refractivity contribution in [2.75, 3.05) is 6.54 Å². The van der Waals surface area contributed by atoms with Gasteiger partial charge in [0, 0.05) is 12.6 Å². The Morgan fingerprint density at radius 3 is 2.61 bits per heavy atom. The van der Waals surface area contributed by atoms with E-state index >= 15 is 0 Å². The maximum absolute atomic E-state index is 11.7. The van der Waals surface area contributed by atoms with Gasteiger partial charge in [-0.15, -0.1) is 0 Å². The van der Waals surface area contributed by atoms with Gasteiger partial charge in [-0.25, -0.2) is 4.79 Å².